The molecule has 0 bridgehead atoms. The summed E-state index contributed by atoms with van der Waals surface area (Å²) in [6.07, 6.45) is 0. The normalized spacial score (nSPS) is 10.0. The maximum absolute atomic E-state index is 13.4. The summed E-state index contributed by atoms with van der Waals surface area (Å²) in [5, 5.41) is 4.85. The van der Waals surface area contributed by atoms with Crippen molar-refractivity contribution in [3.8, 4) is 5.75 Å². The highest BCUT2D eigenvalue weighted by molar-refractivity contribution is 6.30. The minimum Gasteiger partial charge on any atom is -0.483 e. The third kappa shape index (κ3) is 4.96. The Labute approximate surface area is 137 Å². The Hall–Kier alpha value is -2.60. The SMILES string of the molecule is Cc1cc(Cl)ccc1OCC(=O)NC(=O)Nc1ccccc1F. The van der Waals surface area contributed by atoms with Crippen molar-refractivity contribution in [3.05, 3.63) is 58.9 Å². The number of anilines is 1. The summed E-state index contributed by atoms with van der Waals surface area (Å²) in [6.45, 7) is 1.43. The molecule has 2 rings (SSSR count). The lowest BCUT2D eigenvalue weighted by molar-refractivity contribution is -0.121. The molecule has 0 fully saturated rings. The van der Waals surface area contributed by atoms with Gasteiger partial charge in [0.2, 0.25) is 0 Å². The molecule has 2 N–H and O–H groups in total. The van der Waals surface area contributed by atoms with Gasteiger partial charge < -0.3 is 10.1 Å². The van der Waals surface area contributed by atoms with Gasteiger partial charge in [0.05, 0.1) is 5.69 Å². The lowest BCUT2D eigenvalue weighted by Crippen LogP contribution is -2.37. The first-order valence-corrected chi connectivity index (χ1v) is 7.08. The minimum atomic E-state index is -0.837. The lowest BCUT2D eigenvalue weighted by atomic mass is 10.2. The van der Waals surface area contributed by atoms with Gasteiger partial charge in [0, 0.05) is 5.02 Å². The Morgan fingerprint density at radius 3 is 2.65 bits per heavy atom. The number of ether oxygens (including phenoxy) is 1. The standard InChI is InChI=1S/C16H14ClFN2O3/c1-10-8-11(17)6-7-14(10)23-9-15(21)20-16(22)19-13-5-3-2-4-12(13)18/h2-8H,9H2,1H3,(H2,19,20,21,22). The van der Waals surface area contributed by atoms with Crippen LogP contribution in [0.3, 0.4) is 0 Å². The Balaban J connectivity index is 1.85. The van der Waals surface area contributed by atoms with E-state index in [2.05, 4.69) is 10.6 Å². The van der Waals surface area contributed by atoms with Gasteiger partial charge in [0.1, 0.15) is 11.6 Å². The van der Waals surface area contributed by atoms with Crippen LogP contribution in [-0.4, -0.2) is 18.5 Å². The van der Waals surface area contributed by atoms with Crippen LogP contribution < -0.4 is 15.4 Å². The first-order chi connectivity index (χ1) is 11.0. The molecule has 0 aliphatic heterocycles. The first-order valence-electron chi connectivity index (χ1n) is 6.70. The number of benzene rings is 2. The van der Waals surface area contributed by atoms with E-state index in [4.69, 9.17) is 16.3 Å². The van der Waals surface area contributed by atoms with Crippen LogP contribution in [0.2, 0.25) is 5.02 Å². The van der Waals surface area contributed by atoms with E-state index in [0.717, 1.165) is 5.56 Å². The van der Waals surface area contributed by atoms with Crippen LogP contribution in [0.1, 0.15) is 5.56 Å². The maximum Gasteiger partial charge on any atom is 0.326 e. The molecule has 0 unspecified atom stereocenters. The summed E-state index contributed by atoms with van der Waals surface area (Å²) in [7, 11) is 0. The lowest BCUT2D eigenvalue weighted by Gasteiger charge is -2.10. The molecule has 0 saturated carbocycles. The molecular weight excluding hydrogens is 323 g/mol. The van der Waals surface area contributed by atoms with E-state index in [-0.39, 0.29) is 12.3 Å². The average molecular weight is 337 g/mol. The molecule has 0 atom stereocenters. The maximum atomic E-state index is 13.4. The zero-order valence-electron chi connectivity index (χ0n) is 12.2. The van der Waals surface area contributed by atoms with Crippen LogP contribution in [-0.2, 0) is 4.79 Å². The van der Waals surface area contributed by atoms with Crippen molar-refractivity contribution in [2.45, 2.75) is 6.92 Å². The fourth-order valence-corrected chi connectivity index (χ4v) is 2.02. The molecule has 3 amide bonds. The molecule has 2 aromatic carbocycles. The number of carbonyl (C=O) groups is 2. The van der Waals surface area contributed by atoms with Gasteiger partial charge in [-0.05, 0) is 42.8 Å². The number of para-hydroxylation sites is 1. The van der Waals surface area contributed by atoms with E-state index in [1.54, 1.807) is 31.2 Å². The number of imide groups is 1. The number of hydrogen-bond acceptors (Lipinski definition) is 3. The van der Waals surface area contributed by atoms with Gasteiger partial charge in [-0.1, -0.05) is 23.7 Å². The van der Waals surface area contributed by atoms with Crippen molar-refractivity contribution in [1.82, 2.24) is 5.32 Å². The van der Waals surface area contributed by atoms with Gasteiger partial charge in [0.25, 0.3) is 5.91 Å². The van der Waals surface area contributed by atoms with Crippen molar-refractivity contribution >= 4 is 29.2 Å². The summed E-state index contributed by atoms with van der Waals surface area (Å²) in [4.78, 5) is 23.3. The van der Waals surface area contributed by atoms with Crippen LogP contribution in [0.25, 0.3) is 0 Å². The third-order valence-corrected chi connectivity index (χ3v) is 3.11. The van der Waals surface area contributed by atoms with Crippen molar-refractivity contribution in [2.75, 3.05) is 11.9 Å². The van der Waals surface area contributed by atoms with Crippen molar-refractivity contribution in [1.29, 1.82) is 0 Å². The van der Waals surface area contributed by atoms with Crippen LogP contribution in [0, 0.1) is 12.7 Å². The zero-order valence-corrected chi connectivity index (χ0v) is 13.0. The Bertz CT molecular complexity index is 737. The van der Waals surface area contributed by atoms with Gasteiger partial charge in [0.15, 0.2) is 6.61 Å². The monoisotopic (exact) mass is 336 g/mol. The van der Waals surface area contributed by atoms with Crippen molar-refractivity contribution in [2.24, 2.45) is 0 Å². The highest BCUT2D eigenvalue weighted by Gasteiger charge is 2.11. The molecule has 0 radical (unpaired) electrons. The fraction of sp³-hybridized carbons (Fsp3) is 0.125. The Morgan fingerprint density at radius 1 is 1.22 bits per heavy atom. The summed E-state index contributed by atoms with van der Waals surface area (Å²) < 4.78 is 18.7. The van der Waals surface area contributed by atoms with Crippen LogP contribution in [0.4, 0.5) is 14.9 Å². The van der Waals surface area contributed by atoms with Crippen LogP contribution in [0.15, 0.2) is 42.5 Å². The molecule has 2 aromatic rings. The highest BCUT2D eigenvalue weighted by Crippen LogP contribution is 2.21. The molecule has 0 aliphatic rings. The largest absolute Gasteiger partial charge is 0.483 e. The van der Waals surface area contributed by atoms with E-state index < -0.39 is 17.8 Å². The highest BCUT2D eigenvalue weighted by atomic mass is 35.5. The molecule has 5 nitrogen and oxygen atoms in total. The Kier molecular flexibility index (Phi) is 5.54. The molecule has 0 saturated heterocycles. The van der Waals surface area contributed by atoms with Crippen LogP contribution in [0.5, 0.6) is 5.75 Å². The molecule has 0 aromatic heterocycles. The minimum absolute atomic E-state index is 0.0211. The predicted molar refractivity (Wildman–Crippen MR) is 85.2 cm³/mol. The van der Waals surface area contributed by atoms with E-state index in [0.29, 0.717) is 10.8 Å². The quantitative estimate of drug-likeness (QED) is 0.897. The topological polar surface area (TPSA) is 67.4 Å². The van der Waals surface area contributed by atoms with Gasteiger partial charge in [-0.15, -0.1) is 0 Å². The number of rotatable bonds is 4. The molecule has 23 heavy (non-hydrogen) atoms. The molecule has 0 aliphatic carbocycles. The number of aryl methyl sites for hydroxylation is 1. The number of carbonyl (C=O) groups excluding carboxylic acids is 2. The third-order valence-electron chi connectivity index (χ3n) is 2.87. The van der Waals surface area contributed by atoms with E-state index in [1.165, 1.54) is 18.2 Å². The average Bonchev–Trinajstić information content (AvgIpc) is 2.48. The second kappa shape index (κ2) is 7.60. The molecular formula is C16H14ClFN2O3. The second-order valence-corrected chi connectivity index (χ2v) is 5.12. The summed E-state index contributed by atoms with van der Waals surface area (Å²) in [6, 6.07) is 9.75. The fourth-order valence-electron chi connectivity index (χ4n) is 1.80. The molecule has 0 heterocycles. The van der Waals surface area contributed by atoms with E-state index >= 15 is 0 Å². The number of hydrogen-bond donors (Lipinski definition) is 2. The predicted octanol–water partition coefficient (Wildman–Crippen LogP) is 3.51. The summed E-state index contributed by atoms with van der Waals surface area (Å²) in [5.74, 6) is -0.768. The van der Waals surface area contributed by atoms with Gasteiger partial charge in [-0.2, -0.15) is 0 Å². The second-order valence-electron chi connectivity index (χ2n) is 4.68. The smallest absolute Gasteiger partial charge is 0.326 e. The summed E-state index contributed by atoms with van der Waals surface area (Å²) in [5.41, 5.74) is 0.744. The summed E-state index contributed by atoms with van der Waals surface area (Å²) >= 11 is 5.82. The first kappa shape index (κ1) is 16.8. The van der Waals surface area contributed by atoms with Gasteiger partial charge in [-0.3, -0.25) is 10.1 Å². The molecule has 0 spiro atoms. The van der Waals surface area contributed by atoms with Gasteiger partial charge >= 0.3 is 6.03 Å². The number of urea groups is 1. The molecule has 120 valence electrons. The van der Waals surface area contributed by atoms with Crippen molar-refractivity contribution < 1.29 is 18.7 Å². The number of nitrogens with one attached hydrogen (secondary N) is 2. The zero-order chi connectivity index (χ0) is 16.8. The van der Waals surface area contributed by atoms with Gasteiger partial charge in [-0.25, -0.2) is 9.18 Å². The van der Waals surface area contributed by atoms with Crippen LogP contribution >= 0.6 is 11.6 Å². The Morgan fingerprint density at radius 2 is 1.96 bits per heavy atom. The van der Waals surface area contributed by atoms with E-state index in [1.807, 2.05) is 0 Å². The number of halogens is 2. The molecule has 7 heteroatoms. The number of amides is 3. The van der Waals surface area contributed by atoms with Crippen molar-refractivity contribution in [3.63, 3.8) is 0 Å². The van der Waals surface area contributed by atoms with E-state index in [9.17, 15) is 14.0 Å².